The van der Waals surface area contributed by atoms with E-state index in [0.29, 0.717) is 28.7 Å². The van der Waals surface area contributed by atoms with E-state index in [4.69, 9.17) is 9.15 Å². The van der Waals surface area contributed by atoms with Gasteiger partial charge in [0.1, 0.15) is 17.4 Å². The standard InChI is InChI=1S/C24H26N2O7/c1-4-13(2)21(23(29)30)26-19(27)11-25-20(28)12-32-18-10-9-16-15-7-5-6-8-17(15)24(31)33-22(16)14(18)3/h5-10,13,21H,4,11-12H2,1-3H3,(H,25,28)(H,26,27)(H,29,30)/t13-,21-/m0/s1. The zero-order chi connectivity index (χ0) is 24.1. The Bertz CT molecular complexity index is 1260. The number of fused-ring (bicyclic) bond motifs is 3. The van der Waals surface area contributed by atoms with Crippen molar-refractivity contribution in [2.24, 2.45) is 5.92 Å². The number of amides is 2. The van der Waals surface area contributed by atoms with Gasteiger partial charge in [0, 0.05) is 10.9 Å². The highest BCUT2D eigenvalue weighted by Gasteiger charge is 2.25. The minimum absolute atomic E-state index is 0.251. The molecule has 2 amide bonds. The third-order valence-corrected chi connectivity index (χ3v) is 5.59. The van der Waals surface area contributed by atoms with E-state index in [1.165, 1.54) is 0 Å². The Hall–Kier alpha value is -3.88. The molecule has 3 rings (SSSR count). The molecule has 33 heavy (non-hydrogen) atoms. The minimum Gasteiger partial charge on any atom is -0.483 e. The van der Waals surface area contributed by atoms with Gasteiger partial charge in [-0.2, -0.15) is 0 Å². The van der Waals surface area contributed by atoms with Crippen LogP contribution in [0.1, 0.15) is 25.8 Å². The van der Waals surface area contributed by atoms with Crippen molar-refractivity contribution >= 4 is 39.5 Å². The molecule has 0 unspecified atom stereocenters. The van der Waals surface area contributed by atoms with Crippen LogP contribution in [0.15, 0.2) is 45.6 Å². The van der Waals surface area contributed by atoms with Crippen molar-refractivity contribution in [1.82, 2.24) is 10.6 Å². The lowest BCUT2D eigenvalue weighted by atomic mass is 9.99. The van der Waals surface area contributed by atoms with Crippen LogP contribution in [0, 0.1) is 12.8 Å². The van der Waals surface area contributed by atoms with Crippen molar-refractivity contribution in [3.05, 3.63) is 52.4 Å². The maximum atomic E-state index is 12.3. The second-order valence-corrected chi connectivity index (χ2v) is 7.83. The zero-order valence-corrected chi connectivity index (χ0v) is 18.6. The highest BCUT2D eigenvalue weighted by Crippen LogP contribution is 2.30. The van der Waals surface area contributed by atoms with Crippen LogP contribution < -0.4 is 21.0 Å². The van der Waals surface area contributed by atoms with Crippen LogP contribution in [-0.4, -0.2) is 42.1 Å². The fourth-order valence-corrected chi connectivity index (χ4v) is 3.50. The quantitative estimate of drug-likeness (QED) is 0.334. The summed E-state index contributed by atoms with van der Waals surface area (Å²) in [6.07, 6.45) is 0.582. The average Bonchev–Trinajstić information content (AvgIpc) is 2.80. The number of aryl methyl sites for hydroxylation is 1. The summed E-state index contributed by atoms with van der Waals surface area (Å²) >= 11 is 0. The van der Waals surface area contributed by atoms with E-state index >= 15 is 0 Å². The Morgan fingerprint density at radius 2 is 1.76 bits per heavy atom. The van der Waals surface area contributed by atoms with Crippen LogP contribution in [0.5, 0.6) is 5.75 Å². The molecular formula is C24H26N2O7. The Labute approximate surface area is 189 Å². The highest BCUT2D eigenvalue weighted by molar-refractivity contribution is 6.05. The fraction of sp³-hybridized carbons (Fsp3) is 0.333. The highest BCUT2D eigenvalue weighted by atomic mass is 16.5. The zero-order valence-electron chi connectivity index (χ0n) is 18.6. The molecule has 0 radical (unpaired) electrons. The molecule has 0 saturated heterocycles. The van der Waals surface area contributed by atoms with Gasteiger partial charge < -0.3 is 24.9 Å². The molecule has 0 aliphatic carbocycles. The second-order valence-electron chi connectivity index (χ2n) is 7.83. The van der Waals surface area contributed by atoms with E-state index in [1.54, 1.807) is 38.1 Å². The van der Waals surface area contributed by atoms with Crippen LogP contribution in [0.4, 0.5) is 0 Å². The average molecular weight is 454 g/mol. The maximum absolute atomic E-state index is 12.3. The molecule has 3 aromatic rings. The van der Waals surface area contributed by atoms with Gasteiger partial charge in [0.15, 0.2) is 6.61 Å². The molecule has 0 bridgehead atoms. The molecule has 1 heterocycles. The summed E-state index contributed by atoms with van der Waals surface area (Å²) in [6, 6.07) is 9.56. The summed E-state index contributed by atoms with van der Waals surface area (Å²) in [6.45, 7) is 4.53. The smallest absolute Gasteiger partial charge is 0.344 e. The number of nitrogens with one attached hydrogen (secondary N) is 2. The number of ether oxygens (including phenoxy) is 1. The van der Waals surface area contributed by atoms with E-state index in [0.717, 1.165) is 10.8 Å². The largest absolute Gasteiger partial charge is 0.483 e. The van der Waals surface area contributed by atoms with Crippen molar-refractivity contribution < 1.29 is 28.6 Å². The van der Waals surface area contributed by atoms with Gasteiger partial charge in [-0.3, -0.25) is 9.59 Å². The maximum Gasteiger partial charge on any atom is 0.344 e. The Morgan fingerprint density at radius 3 is 2.42 bits per heavy atom. The van der Waals surface area contributed by atoms with E-state index in [-0.39, 0.29) is 19.1 Å². The summed E-state index contributed by atoms with van der Waals surface area (Å²) in [5, 5.41) is 16.0. The molecule has 9 heteroatoms. The van der Waals surface area contributed by atoms with Gasteiger partial charge >= 0.3 is 11.6 Å². The third kappa shape index (κ3) is 5.31. The van der Waals surface area contributed by atoms with Gasteiger partial charge in [0.25, 0.3) is 5.91 Å². The monoisotopic (exact) mass is 454 g/mol. The number of carbonyl (C=O) groups excluding carboxylic acids is 2. The number of carboxylic acids is 1. The first-order valence-electron chi connectivity index (χ1n) is 10.6. The topological polar surface area (TPSA) is 135 Å². The second kappa shape index (κ2) is 10.2. The Kier molecular flexibility index (Phi) is 7.32. The lowest BCUT2D eigenvalue weighted by Gasteiger charge is -2.20. The van der Waals surface area contributed by atoms with Gasteiger partial charge in [0.2, 0.25) is 5.91 Å². The van der Waals surface area contributed by atoms with Crippen LogP contribution in [0.2, 0.25) is 0 Å². The number of hydrogen-bond donors (Lipinski definition) is 3. The number of benzene rings is 2. The van der Waals surface area contributed by atoms with Crippen LogP contribution in [-0.2, 0) is 14.4 Å². The van der Waals surface area contributed by atoms with Crippen molar-refractivity contribution in [3.8, 4) is 5.75 Å². The summed E-state index contributed by atoms with van der Waals surface area (Å²) in [7, 11) is 0. The van der Waals surface area contributed by atoms with Crippen molar-refractivity contribution in [1.29, 1.82) is 0 Å². The number of aliphatic carboxylic acids is 1. The summed E-state index contributed by atoms with van der Waals surface area (Å²) in [5.74, 6) is -2.17. The molecule has 3 N–H and O–H groups in total. The SMILES string of the molecule is CC[C@H](C)[C@H](NC(=O)CNC(=O)COc1ccc2c(oc(=O)c3ccccc32)c1C)C(=O)O. The van der Waals surface area contributed by atoms with Crippen LogP contribution in [0.25, 0.3) is 21.7 Å². The summed E-state index contributed by atoms with van der Waals surface area (Å²) in [4.78, 5) is 47.8. The molecule has 0 spiro atoms. The van der Waals surface area contributed by atoms with Crippen molar-refractivity contribution in [3.63, 3.8) is 0 Å². The lowest BCUT2D eigenvalue weighted by Crippen LogP contribution is -2.48. The molecule has 2 aromatic carbocycles. The summed E-state index contributed by atoms with van der Waals surface area (Å²) < 4.78 is 11.0. The number of hydrogen-bond acceptors (Lipinski definition) is 6. The lowest BCUT2D eigenvalue weighted by molar-refractivity contribution is -0.143. The van der Waals surface area contributed by atoms with E-state index in [9.17, 15) is 24.3 Å². The van der Waals surface area contributed by atoms with Gasteiger partial charge in [-0.25, -0.2) is 9.59 Å². The number of carbonyl (C=O) groups is 3. The number of rotatable bonds is 9. The molecule has 0 saturated carbocycles. The van der Waals surface area contributed by atoms with Crippen LogP contribution >= 0.6 is 0 Å². The van der Waals surface area contributed by atoms with Crippen LogP contribution in [0.3, 0.4) is 0 Å². The Morgan fingerprint density at radius 1 is 1.06 bits per heavy atom. The molecule has 2 atom stereocenters. The van der Waals surface area contributed by atoms with Gasteiger partial charge in [-0.15, -0.1) is 0 Å². The van der Waals surface area contributed by atoms with Crippen molar-refractivity contribution in [2.75, 3.05) is 13.2 Å². The molecule has 0 aliphatic heterocycles. The Balaban J connectivity index is 1.63. The van der Waals surface area contributed by atoms with Gasteiger partial charge in [-0.1, -0.05) is 38.5 Å². The first-order chi connectivity index (χ1) is 15.7. The predicted octanol–water partition coefficient (Wildman–Crippen LogP) is 2.37. The molecular weight excluding hydrogens is 428 g/mol. The first-order valence-corrected chi connectivity index (χ1v) is 10.6. The minimum atomic E-state index is -1.13. The normalized spacial score (nSPS) is 12.8. The molecule has 9 nitrogen and oxygen atoms in total. The van der Waals surface area contributed by atoms with E-state index in [2.05, 4.69) is 10.6 Å². The van der Waals surface area contributed by atoms with Crippen molar-refractivity contribution in [2.45, 2.75) is 33.2 Å². The molecule has 174 valence electrons. The summed E-state index contributed by atoms with van der Waals surface area (Å²) in [5.41, 5.74) is 0.485. The fourth-order valence-electron chi connectivity index (χ4n) is 3.50. The molecule has 0 fully saturated rings. The molecule has 0 aliphatic rings. The molecule has 1 aromatic heterocycles. The number of carboxylic acid groups (broad SMARTS) is 1. The third-order valence-electron chi connectivity index (χ3n) is 5.59. The van der Waals surface area contributed by atoms with E-state index in [1.807, 2.05) is 19.1 Å². The van der Waals surface area contributed by atoms with Gasteiger partial charge in [-0.05, 0) is 36.4 Å². The van der Waals surface area contributed by atoms with Gasteiger partial charge in [0.05, 0.1) is 11.9 Å². The first kappa shape index (κ1) is 23.8. The van der Waals surface area contributed by atoms with E-state index < -0.39 is 29.5 Å². The predicted molar refractivity (Wildman–Crippen MR) is 122 cm³/mol.